The molecule has 3 saturated carbocycles. The Morgan fingerprint density at radius 3 is 2.68 bits per heavy atom. The molecule has 1 N–H and O–H groups in total. The molecule has 0 spiro atoms. The van der Waals surface area contributed by atoms with Crippen molar-refractivity contribution in [2.75, 3.05) is 6.61 Å². The third-order valence-corrected chi connectivity index (χ3v) is 11.2. The van der Waals surface area contributed by atoms with Gasteiger partial charge in [-0.25, -0.2) is 4.79 Å². The number of esters is 1. The van der Waals surface area contributed by atoms with Gasteiger partial charge < -0.3 is 19.0 Å². The largest absolute Gasteiger partial charge is 0.484 e. The Balaban J connectivity index is 1.35. The number of halogens is 1. The predicted molar refractivity (Wildman–Crippen MR) is 152 cm³/mol. The van der Waals surface area contributed by atoms with Gasteiger partial charge in [-0.2, -0.15) is 0 Å². The average molecular weight is 581 g/mol. The van der Waals surface area contributed by atoms with Crippen LogP contribution in [0.5, 0.6) is 5.75 Å². The summed E-state index contributed by atoms with van der Waals surface area (Å²) in [6.45, 7) is 5.78. The summed E-state index contributed by atoms with van der Waals surface area (Å²) < 4.78 is 17.5. The Bertz CT molecular complexity index is 1410. The number of Topliss-reactive ketones (excluding diaryl/α,β-unsaturated/α-hetero) is 1. The number of aliphatic hydroxyl groups is 1. The minimum Gasteiger partial charge on any atom is -0.484 e. The fraction of sp³-hybridized carbons (Fsp3) is 0.545. The smallest absolute Gasteiger partial charge is 0.375 e. The molecule has 0 saturated heterocycles. The molecule has 0 bridgehead atoms. The molecular formula is C33H37ClO7. The van der Waals surface area contributed by atoms with E-state index < -0.39 is 23.1 Å². The number of rotatable bonds is 6. The second kappa shape index (κ2) is 10.1. The molecule has 7 atom stereocenters. The van der Waals surface area contributed by atoms with Gasteiger partial charge in [0.05, 0.1) is 17.4 Å². The monoisotopic (exact) mass is 580 g/mol. The van der Waals surface area contributed by atoms with E-state index in [-0.39, 0.29) is 47.1 Å². The molecule has 4 aliphatic rings. The van der Waals surface area contributed by atoms with Gasteiger partial charge in [0.1, 0.15) is 5.75 Å². The first-order valence-electron chi connectivity index (χ1n) is 14.6. The number of allylic oxidation sites excluding steroid dienone is 1. The van der Waals surface area contributed by atoms with Crippen molar-refractivity contribution < 1.29 is 33.4 Å². The highest BCUT2D eigenvalue weighted by molar-refractivity contribution is 6.32. The van der Waals surface area contributed by atoms with Gasteiger partial charge in [0, 0.05) is 11.8 Å². The van der Waals surface area contributed by atoms with E-state index in [1.807, 2.05) is 19.9 Å². The molecule has 6 rings (SSSR count). The molecule has 4 aliphatic carbocycles. The predicted octanol–water partition coefficient (Wildman–Crippen LogP) is 6.29. The number of hydrogen-bond acceptors (Lipinski definition) is 7. The Kier molecular flexibility index (Phi) is 6.97. The summed E-state index contributed by atoms with van der Waals surface area (Å²) in [4.78, 5) is 39.9. The van der Waals surface area contributed by atoms with Crippen LogP contribution in [0.4, 0.5) is 0 Å². The Hall–Kier alpha value is -2.90. The van der Waals surface area contributed by atoms with Crippen molar-refractivity contribution in [3.63, 3.8) is 0 Å². The maximum Gasteiger partial charge on any atom is 0.375 e. The van der Waals surface area contributed by atoms with Crippen LogP contribution in [-0.2, 0) is 14.3 Å². The Morgan fingerprint density at radius 1 is 1.15 bits per heavy atom. The third-order valence-electron chi connectivity index (χ3n) is 10.9. The van der Waals surface area contributed by atoms with Gasteiger partial charge in [-0.1, -0.05) is 37.1 Å². The Morgan fingerprint density at radius 2 is 1.95 bits per heavy atom. The SMILES string of the molecule is Cc1ccc(OCC(=O)[C@@]2(OC(=O)c3ccco3)CCC3C4CCC5=CC(=O)CCC5(C)C4[C@@H](O)CC32C)c(Cl)c1. The normalized spacial score (nSPS) is 36.0. The molecule has 0 aliphatic heterocycles. The van der Waals surface area contributed by atoms with E-state index in [9.17, 15) is 19.5 Å². The first-order valence-corrected chi connectivity index (χ1v) is 15.0. The van der Waals surface area contributed by atoms with Gasteiger partial charge in [0.15, 0.2) is 18.0 Å². The van der Waals surface area contributed by atoms with Crippen LogP contribution < -0.4 is 4.74 Å². The molecule has 0 radical (unpaired) electrons. The number of ketones is 2. The standard InChI is InChI=1S/C33H37ClO7/c1-19-6-9-26(24(34)15-19)40-18-28(37)33(41-30(38)27-5-4-14-39-27)13-11-23-22-8-7-20-16-21(35)10-12-31(20,2)29(22)25(36)17-32(23,33)3/h4-6,9,14-16,22-23,25,29,36H,7-8,10-13,17-18H2,1-3H3/t22?,23?,25-,29?,31?,32?,33-/m0/s1. The van der Waals surface area contributed by atoms with E-state index in [0.717, 1.165) is 30.4 Å². The van der Waals surface area contributed by atoms with E-state index in [2.05, 4.69) is 6.92 Å². The molecule has 8 heteroatoms. The zero-order valence-corrected chi connectivity index (χ0v) is 24.5. The summed E-state index contributed by atoms with van der Waals surface area (Å²) in [5.74, 6) is -0.345. The fourth-order valence-corrected chi connectivity index (χ4v) is 9.23. The van der Waals surface area contributed by atoms with Crippen LogP contribution in [0.15, 0.2) is 52.7 Å². The number of benzene rings is 1. The summed E-state index contributed by atoms with van der Waals surface area (Å²) in [5.41, 5.74) is -0.482. The van der Waals surface area contributed by atoms with Crippen molar-refractivity contribution in [3.05, 3.63) is 64.6 Å². The molecule has 1 heterocycles. The number of hydrogen-bond donors (Lipinski definition) is 1. The van der Waals surface area contributed by atoms with Crippen molar-refractivity contribution in [1.82, 2.24) is 0 Å². The van der Waals surface area contributed by atoms with Crippen LogP contribution in [-0.4, -0.2) is 41.0 Å². The topological polar surface area (TPSA) is 103 Å². The zero-order valence-electron chi connectivity index (χ0n) is 23.8. The van der Waals surface area contributed by atoms with Crippen molar-refractivity contribution in [1.29, 1.82) is 0 Å². The molecule has 7 nitrogen and oxygen atoms in total. The van der Waals surface area contributed by atoms with Crippen LogP contribution in [0.25, 0.3) is 0 Å². The summed E-state index contributed by atoms with van der Waals surface area (Å²) in [6, 6.07) is 8.47. The second-order valence-corrected chi connectivity index (χ2v) is 13.4. The Labute approximate surface area is 245 Å². The lowest BCUT2D eigenvalue weighted by Crippen LogP contribution is -2.63. The van der Waals surface area contributed by atoms with E-state index >= 15 is 0 Å². The maximum atomic E-state index is 14.3. The number of aryl methyl sites for hydroxylation is 1. The fourth-order valence-electron chi connectivity index (χ4n) is 8.94. The van der Waals surface area contributed by atoms with Gasteiger partial charge in [-0.05, 0) is 105 Å². The van der Waals surface area contributed by atoms with Crippen molar-refractivity contribution >= 4 is 29.1 Å². The van der Waals surface area contributed by atoms with E-state index in [0.29, 0.717) is 36.5 Å². The molecule has 1 aromatic heterocycles. The van der Waals surface area contributed by atoms with Crippen LogP contribution in [0, 0.1) is 35.5 Å². The summed E-state index contributed by atoms with van der Waals surface area (Å²) in [6.07, 6.45) is 6.63. The molecule has 0 amide bonds. The number of furan rings is 1. The lowest BCUT2D eigenvalue weighted by atomic mass is 9.45. The maximum absolute atomic E-state index is 14.3. The molecule has 5 unspecified atom stereocenters. The quantitative estimate of drug-likeness (QED) is 0.401. The molecule has 1 aromatic carbocycles. The highest BCUT2D eigenvalue weighted by Gasteiger charge is 2.70. The lowest BCUT2D eigenvalue weighted by Gasteiger charge is -2.60. The number of aliphatic hydroxyl groups excluding tert-OH is 1. The highest BCUT2D eigenvalue weighted by atomic mass is 35.5. The average Bonchev–Trinajstić information content (AvgIpc) is 3.55. The summed E-state index contributed by atoms with van der Waals surface area (Å²) in [7, 11) is 0. The van der Waals surface area contributed by atoms with Gasteiger partial charge in [0.25, 0.3) is 0 Å². The number of carbonyl (C=O) groups excluding carboxylic acids is 3. The molecule has 3 fully saturated rings. The first-order chi connectivity index (χ1) is 19.5. The second-order valence-electron chi connectivity index (χ2n) is 13.0. The minimum atomic E-state index is -1.51. The molecule has 41 heavy (non-hydrogen) atoms. The molecular weight excluding hydrogens is 544 g/mol. The van der Waals surface area contributed by atoms with Gasteiger partial charge >= 0.3 is 5.97 Å². The summed E-state index contributed by atoms with van der Waals surface area (Å²) in [5, 5.41) is 12.3. The number of ether oxygens (including phenoxy) is 2. The van der Waals surface area contributed by atoms with E-state index in [4.69, 9.17) is 25.5 Å². The van der Waals surface area contributed by atoms with Gasteiger partial charge in [-0.15, -0.1) is 0 Å². The lowest BCUT2D eigenvalue weighted by molar-refractivity contribution is -0.183. The van der Waals surface area contributed by atoms with Crippen molar-refractivity contribution in [2.45, 2.75) is 77.4 Å². The van der Waals surface area contributed by atoms with Gasteiger partial charge in [-0.3, -0.25) is 9.59 Å². The zero-order chi connectivity index (χ0) is 29.2. The third kappa shape index (κ3) is 4.38. The van der Waals surface area contributed by atoms with Crippen LogP contribution in [0.1, 0.15) is 74.9 Å². The van der Waals surface area contributed by atoms with Crippen LogP contribution >= 0.6 is 11.6 Å². The first kappa shape index (κ1) is 28.2. The van der Waals surface area contributed by atoms with Crippen LogP contribution in [0.2, 0.25) is 5.02 Å². The van der Waals surface area contributed by atoms with Crippen LogP contribution in [0.3, 0.4) is 0 Å². The van der Waals surface area contributed by atoms with E-state index in [1.165, 1.54) is 12.3 Å². The molecule has 218 valence electrons. The van der Waals surface area contributed by atoms with Gasteiger partial charge in [0.2, 0.25) is 11.5 Å². The number of fused-ring (bicyclic) bond motifs is 5. The van der Waals surface area contributed by atoms with E-state index in [1.54, 1.807) is 24.3 Å². The van der Waals surface area contributed by atoms with Crippen molar-refractivity contribution in [2.24, 2.45) is 28.6 Å². The minimum absolute atomic E-state index is 0.0211. The van der Waals surface area contributed by atoms with Crippen molar-refractivity contribution in [3.8, 4) is 5.75 Å². The molecule has 2 aromatic rings. The summed E-state index contributed by atoms with van der Waals surface area (Å²) >= 11 is 6.38. The highest BCUT2D eigenvalue weighted by Crippen LogP contribution is 2.68. The number of carbonyl (C=O) groups is 3.